The number of rotatable bonds is 2. The van der Waals surface area contributed by atoms with Crippen LogP contribution in [0, 0.1) is 0 Å². The van der Waals surface area contributed by atoms with Crippen LogP contribution in [0.15, 0.2) is 42.5 Å². The highest BCUT2D eigenvalue weighted by atomic mass is 19.4. The molecule has 1 aliphatic rings. The number of fused-ring (bicyclic) bond motifs is 1. The van der Waals surface area contributed by atoms with E-state index in [0.29, 0.717) is 24.6 Å². The van der Waals surface area contributed by atoms with E-state index in [4.69, 9.17) is 4.74 Å². The second-order valence-corrected chi connectivity index (χ2v) is 5.34. The molecular weight excluding hydrogens is 337 g/mol. The molecule has 2 amide bonds. The van der Waals surface area contributed by atoms with Gasteiger partial charge in [-0.3, -0.25) is 9.59 Å². The standard InChI is InChI=1S/C17H13F3N2O3/c18-17(19,20)11-3-1-10(2-4-11)15(23)22-12-5-6-14-13(9-12)16(24)21-7-8-25-14/h1-6,9H,7-8H2,(H,21,24)(H,22,23). The summed E-state index contributed by atoms with van der Waals surface area (Å²) in [5.74, 6) is -0.496. The van der Waals surface area contributed by atoms with Crippen LogP contribution in [0.4, 0.5) is 18.9 Å². The highest BCUT2D eigenvalue weighted by Gasteiger charge is 2.30. The van der Waals surface area contributed by atoms with Crippen molar-refractivity contribution < 1.29 is 27.5 Å². The first kappa shape index (κ1) is 16.8. The van der Waals surface area contributed by atoms with Crippen LogP contribution in [0.1, 0.15) is 26.3 Å². The number of nitrogens with one attached hydrogen (secondary N) is 2. The summed E-state index contributed by atoms with van der Waals surface area (Å²) in [6, 6.07) is 8.44. The lowest BCUT2D eigenvalue weighted by molar-refractivity contribution is -0.137. The van der Waals surface area contributed by atoms with Gasteiger partial charge in [0.05, 0.1) is 17.7 Å². The quantitative estimate of drug-likeness (QED) is 0.875. The van der Waals surface area contributed by atoms with Gasteiger partial charge in [-0.05, 0) is 42.5 Å². The van der Waals surface area contributed by atoms with E-state index in [2.05, 4.69) is 10.6 Å². The maximum absolute atomic E-state index is 12.5. The first-order chi connectivity index (χ1) is 11.8. The molecule has 0 radical (unpaired) electrons. The van der Waals surface area contributed by atoms with Gasteiger partial charge in [-0.2, -0.15) is 13.2 Å². The van der Waals surface area contributed by atoms with Gasteiger partial charge in [0.1, 0.15) is 12.4 Å². The summed E-state index contributed by atoms with van der Waals surface area (Å²) >= 11 is 0. The molecule has 130 valence electrons. The number of alkyl halides is 3. The van der Waals surface area contributed by atoms with Gasteiger partial charge in [-0.1, -0.05) is 0 Å². The summed E-state index contributed by atoms with van der Waals surface area (Å²) in [5.41, 5.74) is -0.140. The molecule has 2 aromatic carbocycles. The molecule has 0 aromatic heterocycles. The van der Waals surface area contributed by atoms with Crippen molar-refractivity contribution in [3.8, 4) is 5.75 Å². The first-order valence-corrected chi connectivity index (χ1v) is 7.38. The fraction of sp³-hybridized carbons (Fsp3) is 0.176. The smallest absolute Gasteiger partial charge is 0.416 e. The van der Waals surface area contributed by atoms with Crippen molar-refractivity contribution in [2.45, 2.75) is 6.18 Å². The van der Waals surface area contributed by atoms with Gasteiger partial charge >= 0.3 is 6.18 Å². The molecule has 1 aliphatic heterocycles. The maximum atomic E-state index is 12.5. The van der Waals surface area contributed by atoms with Crippen LogP contribution < -0.4 is 15.4 Å². The molecule has 5 nitrogen and oxygen atoms in total. The molecule has 1 heterocycles. The topological polar surface area (TPSA) is 67.4 Å². The predicted molar refractivity (Wildman–Crippen MR) is 83.7 cm³/mol. The molecule has 3 rings (SSSR count). The number of carbonyl (C=O) groups is 2. The number of halogens is 3. The predicted octanol–water partition coefficient (Wildman–Crippen LogP) is 3.08. The zero-order valence-electron chi connectivity index (χ0n) is 12.8. The fourth-order valence-corrected chi connectivity index (χ4v) is 2.35. The number of anilines is 1. The third-order valence-electron chi connectivity index (χ3n) is 3.60. The van der Waals surface area contributed by atoms with Crippen molar-refractivity contribution in [1.29, 1.82) is 0 Å². The van der Waals surface area contributed by atoms with Crippen LogP contribution in [0.2, 0.25) is 0 Å². The van der Waals surface area contributed by atoms with Crippen LogP contribution in [0.5, 0.6) is 5.75 Å². The first-order valence-electron chi connectivity index (χ1n) is 7.38. The van der Waals surface area contributed by atoms with Crippen molar-refractivity contribution in [2.24, 2.45) is 0 Å². The SMILES string of the molecule is O=C(Nc1ccc2c(c1)C(=O)NCCO2)c1ccc(C(F)(F)F)cc1. The summed E-state index contributed by atoms with van der Waals surface area (Å²) in [7, 11) is 0. The molecule has 2 N–H and O–H groups in total. The maximum Gasteiger partial charge on any atom is 0.416 e. The monoisotopic (exact) mass is 350 g/mol. The van der Waals surface area contributed by atoms with Crippen LogP contribution in [0.3, 0.4) is 0 Å². The van der Waals surface area contributed by atoms with E-state index in [1.807, 2.05) is 0 Å². The average molecular weight is 350 g/mol. The van der Waals surface area contributed by atoms with E-state index in [0.717, 1.165) is 24.3 Å². The molecule has 0 saturated heterocycles. The van der Waals surface area contributed by atoms with Crippen molar-refractivity contribution in [1.82, 2.24) is 5.32 Å². The van der Waals surface area contributed by atoms with Crippen molar-refractivity contribution in [3.63, 3.8) is 0 Å². The van der Waals surface area contributed by atoms with Gasteiger partial charge in [-0.15, -0.1) is 0 Å². The molecule has 0 saturated carbocycles. The fourth-order valence-electron chi connectivity index (χ4n) is 2.35. The third-order valence-corrected chi connectivity index (χ3v) is 3.60. The molecule has 0 fully saturated rings. The Morgan fingerprint density at radius 3 is 2.52 bits per heavy atom. The Bertz CT molecular complexity index is 817. The minimum atomic E-state index is -4.46. The zero-order valence-corrected chi connectivity index (χ0v) is 12.8. The van der Waals surface area contributed by atoms with Crippen molar-refractivity contribution in [3.05, 3.63) is 59.2 Å². The minimum absolute atomic E-state index is 0.0728. The molecule has 0 spiro atoms. The second kappa shape index (κ2) is 6.46. The van der Waals surface area contributed by atoms with Crippen molar-refractivity contribution in [2.75, 3.05) is 18.5 Å². The number of amides is 2. The number of hydrogen-bond acceptors (Lipinski definition) is 3. The van der Waals surface area contributed by atoms with Gasteiger partial charge < -0.3 is 15.4 Å². The Kier molecular flexibility index (Phi) is 4.35. The lowest BCUT2D eigenvalue weighted by Crippen LogP contribution is -2.24. The van der Waals surface area contributed by atoms with Crippen LogP contribution >= 0.6 is 0 Å². The van der Waals surface area contributed by atoms with E-state index in [9.17, 15) is 22.8 Å². The lowest BCUT2D eigenvalue weighted by Gasteiger charge is -2.10. The Labute approximate surface area is 140 Å². The molecule has 0 aliphatic carbocycles. The number of hydrogen-bond donors (Lipinski definition) is 2. The van der Waals surface area contributed by atoms with E-state index in [1.54, 1.807) is 12.1 Å². The van der Waals surface area contributed by atoms with Crippen molar-refractivity contribution >= 4 is 17.5 Å². The average Bonchev–Trinajstić information content (AvgIpc) is 2.76. The molecule has 2 aromatic rings. The largest absolute Gasteiger partial charge is 0.491 e. The third kappa shape index (κ3) is 3.73. The van der Waals surface area contributed by atoms with Crippen LogP contribution in [0.25, 0.3) is 0 Å². The molecule has 25 heavy (non-hydrogen) atoms. The van der Waals surface area contributed by atoms with Crippen LogP contribution in [-0.2, 0) is 6.18 Å². The van der Waals surface area contributed by atoms with Gasteiger partial charge in [-0.25, -0.2) is 0 Å². The Hall–Kier alpha value is -3.03. The molecular formula is C17H13F3N2O3. The number of carbonyl (C=O) groups excluding carboxylic acids is 2. The molecule has 0 bridgehead atoms. The zero-order chi connectivity index (χ0) is 18.0. The highest BCUT2D eigenvalue weighted by Crippen LogP contribution is 2.29. The van der Waals surface area contributed by atoms with E-state index in [-0.39, 0.29) is 17.0 Å². The molecule has 8 heteroatoms. The lowest BCUT2D eigenvalue weighted by atomic mass is 10.1. The van der Waals surface area contributed by atoms with Gasteiger partial charge in [0.15, 0.2) is 0 Å². The van der Waals surface area contributed by atoms with E-state index < -0.39 is 17.6 Å². The Morgan fingerprint density at radius 2 is 1.84 bits per heavy atom. The summed E-state index contributed by atoms with van der Waals surface area (Å²) in [4.78, 5) is 24.1. The summed E-state index contributed by atoms with van der Waals surface area (Å²) < 4.78 is 43.0. The normalized spacial score (nSPS) is 14.0. The number of benzene rings is 2. The molecule has 0 atom stereocenters. The van der Waals surface area contributed by atoms with Gasteiger partial charge in [0.2, 0.25) is 0 Å². The van der Waals surface area contributed by atoms with Gasteiger partial charge in [0.25, 0.3) is 11.8 Å². The highest BCUT2D eigenvalue weighted by molar-refractivity contribution is 6.05. The summed E-state index contributed by atoms with van der Waals surface area (Å²) in [6.45, 7) is 0.719. The summed E-state index contributed by atoms with van der Waals surface area (Å²) in [6.07, 6.45) is -4.46. The number of ether oxygens (including phenoxy) is 1. The Morgan fingerprint density at radius 1 is 1.12 bits per heavy atom. The second-order valence-electron chi connectivity index (χ2n) is 5.34. The van der Waals surface area contributed by atoms with E-state index in [1.165, 1.54) is 6.07 Å². The van der Waals surface area contributed by atoms with Crippen LogP contribution in [-0.4, -0.2) is 25.0 Å². The summed E-state index contributed by atoms with van der Waals surface area (Å²) in [5, 5.41) is 5.20. The minimum Gasteiger partial charge on any atom is -0.491 e. The van der Waals surface area contributed by atoms with E-state index >= 15 is 0 Å². The van der Waals surface area contributed by atoms with Gasteiger partial charge in [0, 0.05) is 11.3 Å². The molecule has 0 unspecified atom stereocenters. The Balaban J connectivity index is 1.78.